The van der Waals surface area contributed by atoms with Gasteiger partial charge in [-0.25, -0.2) is 9.97 Å². The molecule has 0 amide bonds. The zero-order valence-corrected chi connectivity index (χ0v) is 36.1. The SMILES string of the molecule is C=C(C[C@H](CC1(C)OCC(C)(C)CO1)OC(=O)C(C)(C)C)C[C@@H](OC)c1coc(-c2coc(CCCO[Si](c3ccccc3)(c3ccccc3)C(C)(C)C)n2)n1. The Labute approximate surface area is 334 Å². The fourth-order valence-electron chi connectivity index (χ4n) is 7.06. The van der Waals surface area contributed by atoms with Crippen molar-refractivity contribution >= 4 is 24.7 Å². The van der Waals surface area contributed by atoms with Crippen molar-refractivity contribution in [2.24, 2.45) is 10.8 Å². The monoisotopic (exact) mass is 786 g/mol. The molecule has 4 aromatic rings. The van der Waals surface area contributed by atoms with Crippen LogP contribution in [-0.4, -0.2) is 63.1 Å². The Hall–Kier alpha value is -3.87. The van der Waals surface area contributed by atoms with E-state index in [2.05, 4.69) is 102 Å². The molecule has 3 heterocycles. The van der Waals surface area contributed by atoms with E-state index >= 15 is 0 Å². The van der Waals surface area contributed by atoms with E-state index in [9.17, 15) is 4.79 Å². The number of hydrogen-bond donors (Lipinski definition) is 0. The summed E-state index contributed by atoms with van der Waals surface area (Å²) in [5.74, 6) is -0.252. The van der Waals surface area contributed by atoms with E-state index in [-0.39, 0.29) is 16.4 Å². The predicted molar refractivity (Wildman–Crippen MR) is 220 cm³/mol. The summed E-state index contributed by atoms with van der Waals surface area (Å²) in [7, 11) is -1.00. The average Bonchev–Trinajstić information content (AvgIpc) is 3.82. The predicted octanol–water partition coefficient (Wildman–Crippen LogP) is 9.00. The molecule has 10 nitrogen and oxygen atoms in total. The summed E-state index contributed by atoms with van der Waals surface area (Å²) >= 11 is 0. The molecule has 304 valence electrons. The standard InChI is InChI=1S/C45H62N2O8Si/c1-32(25-33(55-41(48)42(2,3)4)27-45(10)52-30-44(8,9)31-53-45)26-38(49-11)36-28-51-40(47-36)37-29-50-39(46-37)23-18-24-54-56(43(5,6)7,34-19-14-12-15-20-34)35-21-16-13-17-22-35/h12-17,19-22,28-29,33,38H,1,18,23-27,30-31H2,2-11H3/t33-,38-/m1/s1. The van der Waals surface area contributed by atoms with Crippen molar-refractivity contribution in [1.82, 2.24) is 9.97 Å². The van der Waals surface area contributed by atoms with Crippen LogP contribution in [0, 0.1) is 10.8 Å². The molecule has 11 heteroatoms. The number of ether oxygens (including phenoxy) is 4. The van der Waals surface area contributed by atoms with Crippen molar-refractivity contribution in [3.63, 3.8) is 0 Å². The Bertz CT molecular complexity index is 1820. The third-order valence-electron chi connectivity index (χ3n) is 10.2. The molecule has 0 unspecified atom stereocenters. The topological polar surface area (TPSA) is 115 Å². The van der Waals surface area contributed by atoms with Crippen molar-refractivity contribution in [1.29, 1.82) is 0 Å². The van der Waals surface area contributed by atoms with Gasteiger partial charge in [0.25, 0.3) is 8.32 Å². The lowest BCUT2D eigenvalue weighted by atomic mass is 9.92. The van der Waals surface area contributed by atoms with Crippen LogP contribution in [-0.2, 0) is 34.6 Å². The largest absolute Gasteiger partial charge is 0.461 e. The van der Waals surface area contributed by atoms with Crippen LogP contribution in [0.15, 0.2) is 94.2 Å². The van der Waals surface area contributed by atoms with Crippen LogP contribution in [0.1, 0.15) is 106 Å². The zero-order chi connectivity index (χ0) is 40.8. The van der Waals surface area contributed by atoms with Gasteiger partial charge in [-0.2, -0.15) is 0 Å². The Kier molecular flexibility index (Phi) is 13.7. The number of carbonyl (C=O) groups is 1. The van der Waals surface area contributed by atoms with Gasteiger partial charge in [0.2, 0.25) is 5.89 Å². The van der Waals surface area contributed by atoms with Crippen LogP contribution >= 0.6 is 0 Å². The summed E-state index contributed by atoms with van der Waals surface area (Å²) in [6.45, 7) is 24.4. The molecule has 1 saturated heterocycles. The number of aryl methyl sites for hydroxylation is 1. The molecule has 0 bridgehead atoms. The van der Waals surface area contributed by atoms with Gasteiger partial charge >= 0.3 is 5.97 Å². The summed E-state index contributed by atoms with van der Waals surface area (Å²) in [6, 6.07) is 21.3. The highest BCUT2D eigenvalue weighted by atomic mass is 28.4. The first kappa shape index (κ1) is 43.3. The van der Waals surface area contributed by atoms with Crippen LogP contribution in [0.5, 0.6) is 0 Å². The second-order valence-corrected chi connectivity index (χ2v) is 22.4. The number of carbonyl (C=O) groups excluding carboxylic acids is 1. The summed E-state index contributed by atoms with van der Waals surface area (Å²) in [5.41, 5.74) is 1.19. The van der Waals surface area contributed by atoms with E-state index in [1.807, 2.05) is 27.7 Å². The molecule has 5 rings (SSSR count). The van der Waals surface area contributed by atoms with Gasteiger partial charge in [-0.1, -0.05) is 107 Å². The minimum absolute atomic E-state index is 0.0854. The van der Waals surface area contributed by atoms with Crippen molar-refractivity contribution in [3.05, 3.63) is 96.9 Å². The van der Waals surface area contributed by atoms with Gasteiger partial charge in [-0.05, 0) is 49.5 Å². The first-order chi connectivity index (χ1) is 26.3. The zero-order valence-electron chi connectivity index (χ0n) is 35.1. The van der Waals surface area contributed by atoms with Crippen LogP contribution in [0.3, 0.4) is 0 Å². The van der Waals surface area contributed by atoms with Crippen molar-refractivity contribution < 1.29 is 37.0 Å². The number of benzene rings is 2. The van der Waals surface area contributed by atoms with E-state index in [0.717, 1.165) is 12.0 Å². The second-order valence-electron chi connectivity index (χ2n) is 18.1. The molecule has 56 heavy (non-hydrogen) atoms. The third kappa shape index (κ3) is 10.7. The van der Waals surface area contributed by atoms with E-state index in [4.69, 9.17) is 42.2 Å². The lowest BCUT2D eigenvalue weighted by Crippen LogP contribution is -2.66. The molecule has 0 N–H and O–H groups in total. The summed E-state index contributed by atoms with van der Waals surface area (Å²) in [6.07, 6.45) is 4.74. The molecular formula is C45H62N2O8Si. The molecule has 2 atom stereocenters. The Morgan fingerprint density at radius 1 is 0.875 bits per heavy atom. The van der Waals surface area contributed by atoms with Crippen LogP contribution in [0.2, 0.25) is 5.04 Å². The second kappa shape index (κ2) is 17.7. The number of rotatable bonds is 17. The molecule has 0 radical (unpaired) electrons. The van der Waals surface area contributed by atoms with E-state index in [1.54, 1.807) is 19.6 Å². The number of esters is 1. The summed E-state index contributed by atoms with van der Waals surface area (Å²) in [5, 5.41) is 2.40. The Morgan fingerprint density at radius 3 is 2.04 bits per heavy atom. The van der Waals surface area contributed by atoms with Gasteiger partial charge in [-0.3, -0.25) is 4.79 Å². The first-order valence-electron chi connectivity index (χ1n) is 19.7. The lowest BCUT2D eigenvalue weighted by molar-refractivity contribution is -0.299. The highest BCUT2D eigenvalue weighted by molar-refractivity contribution is 6.99. The van der Waals surface area contributed by atoms with Crippen molar-refractivity contribution in [2.75, 3.05) is 26.9 Å². The molecule has 0 saturated carbocycles. The van der Waals surface area contributed by atoms with Gasteiger partial charge in [0.1, 0.15) is 30.4 Å². The molecule has 1 fully saturated rings. The highest BCUT2D eigenvalue weighted by Crippen LogP contribution is 2.38. The molecule has 2 aromatic heterocycles. The van der Waals surface area contributed by atoms with Crippen LogP contribution in [0.4, 0.5) is 0 Å². The third-order valence-corrected chi connectivity index (χ3v) is 15.2. The van der Waals surface area contributed by atoms with Crippen LogP contribution in [0.25, 0.3) is 11.6 Å². The first-order valence-corrected chi connectivity index (χ1v) is 21.6. The van der Waals surface area contributed by atoms with Crippen molar-refractivity contribution in [2.45, 2.75) is 117 Å². The lowest BCUT2D eigenvalue weighted by Gasteiger charge is -2.43. The number of hydrogen-bond acceptors (Lipinski definition) is 10. The van der Waals surface area contributed by atoms with Crippen molar-refractivity contribution in [3.8, 4) is 11.6 Å². The number of oxazole rings is 2. The fourth-order valence-corrected chi connectivity index (χ4v) is 11.7. The number of nitrogens with zero attached hydrogens (tertiary/aromatic N) is 2. The fraction of sp³-hybridized carbons (Fsp3) is 0.533. The molecule has 1 aliphatic rings. The highest BCUT2D eigenvalue weighted by Gasteiger charge is 2.50. The smallest absolute Gasteiger partial charge is 0.311 e. The Balaban J connectivity index is 1.20. The molecule has 0 spiro atoms. The number of aromatic nitrogens is 2. The Morgan fingerprint density at radius 2 is 1.48 bits per heavy atom. The van der Waals surface area contributed by atoms with E-state index < -0.39 is 31.7 Å². The van der Waals surface area contributed by atoms with Gasteiger partial charge in [0, 0.05) is 44.8 Å². The quantitative estimate of drug-likeness (QED) is 0.0445. The maximum Gasteiger partial charge on any atom is 0.311 e. The van der Waals surface area contributed by atoms with Gasteiger partial charge in [-0.15, -0.1) is 0 Å². The molecular weight excluding hydrogens is 725 g/mol. The van der Waals surface area contributed by atoms with E-state index in [0.29, 0.717) is 68.7 Å². The van der Waals surface area contributed by atoms with Gasteiger partial charge < -0.3 is 32.2 Å². The maximum absolute atomic E-state index is 13.0. The van der Waals surface area contributed by atoms with E-state index in [1.165, 1.54) is 10.4 Å². The summed E-state index contributed by atoms with van der Waals surface area (Å²) < 4.78 is 43.0. The van der Waals surface area contributed by atoms with Gasteiger partial charge in [0.15, 0.2) is 17.4 Å². The molecule has 2 aromatic carbocycles. The average molecular weight is 787 g/mol. The summed E-state index contributed by atoms with van der Waals surface area (Å²) in [4.78, 5) is 22.4. The minimum Gasteiger partial charge on any atom is -0.461 e. The normalized spacial score (nSPS) is 17.0. The van der Waals surface area contributed by atoms with Crippen LogP contribution < -0.4 is 10.4 Å². The number of methoxy groups -OCH3 is 1. The maximum atomic E-state index is 13.0. The minimum atomic E-state index is -2.63. The van der Waals surface area contributed by atoms with Gasteiger partial charge in [0.05, 0.1) is 18.6 Å². The molecule has 0 aliphatic carbocycles. The molecule has 1 aliphatic heterocycles.